The number of rotatable bonds is 5. The lowest BCUT2D eigenvalue weighted by atomic mass is 10.2. The zero-order valence-electron chi connectivity index (χ0n) is 10.3. The van der Waals surface area contributed by atoms with Crippen LogP contribution in [0.1, 0.15) is 38.4 Å². The molecule has 0 saturated carbocycles. The molecule has 96 valence electrons. The number of halogens is 1. The summed E-state index contributed by atoms with van der Waals surface area (Å²) in [5, 5.41) is 0. The van der Waals surface area contributed by atoms with Gasteiger partial charge in [0.05, 0.1) is 11.8 Å². The molecule has 0 aromatic heterocycles. The summed E-state index contributed by atoms with van der Waals surface area (Å²) in [5.74, 6) is -0.364. The van der Waals surface area contributed by atoms with E-state index in [4.69, 9.17) is 4.52 Å². The average molecular weight is 260 g/mol. The fourth-order valence-electron chi connectivity index (χ4n) is 1.35. The third-order valence-electron chi connectivity index (χ3n) is 2.75. The molecule has 1 rings (SSSR count). The lowest BCUT2D eigenvalue weighted by Crippen LogP contribution is -2.08. The summed E-state index contributed by atoms with van der Waals surface area (Å²) < 4.78 is 29.9. The van der Waals surface area contributed by atoms with Crippen molar-refractivity contribution in [2.45, 2.75) is 39.0 Å². The van der Waals surface area contributed by atoms with E-state index in [2.05, 4.69) is 0 Å². The highest BCUT2D eigenvalue weighted by molar-refractivity contribution is 7.53. The highest BCUT2D eigenvalue weighted by Gasteiger charge is 2.31. The maximum Gasteiger partial charge on any atom is 0.335 e. The standard InChI is InChI=1S/C12H18FO3P/c1-4-9(2)16-17(14,15)10(3)11-5-7-12(13)8-6-11/h5-10H,4H2,1-3H3,(H,14,15). The second-order valence-electron chi connectivity index (χ2n) is 4.12. The van der Waals surface area contributed by atoms with Crippen LogP contribution in [-0.2, 0) is 9.09 Å². The van der Waals surface area contributed by atoms with E-state index in [1.165, 1.54) is 24.3 Å². The predicted octanol–water partition coefficient (Wildman–Crippen LogP) is 3.89. The normalized spacial score (nSPS) is 18.4. The average Bonchev–Trinajstić information content (AvgIpc) is 2.28. The van der Waals surface area contributed by atoms with Crippen LogP contribution in [0.15, 0.2) is 24.3 Å². The highest BCUT2D eigenvalue weighted by Crippen LogP contribution is 2.57. The van der Waals surface area contributed by atoms with Gasteiger partial charge in [0.1, 0.15) is 5.82 Å². The molecule has 0 heterocycles. The molecular weight excluding hydrogens is 242 g/mol. The molecule has 0 aliphatic carbocycles. The predicted molar refractivity (Wildman–Crippen MR) is 65.5 cm³/mol. The number of hydrogen-bond acceptors (Lipinski definition) is 2. The first-order valence-electron chi connectivity index (χ1n) is 5.63. The van der Waals surface area contributed by atoms with Crippen molar-refractivity contribution in [2.75, 3.05) is 0 Å². The van der Waals surface area contributed by atoms with Crippen LogP contribution in [0.2, 0.25) is 0 Å². The van der Waals surface area contributed by atoms with E-state index in [-0.39, 0.29) is 11.9 Å². The maximum absolute atomic E-state index is 12.7. The van der Waals surface area contributed by atoms with E-state index in [1.54, 1.807) is 13.8 Å². The number of benzene rings is 1. The molecule has 1 aromatic carbocycles. The molecule has 0 saturated heterocycles. The Morgan fingerprint density at radius 1 is 1.35 bits per heavy atom. The van der Waals surface area contributed by atoms with Crippen LogP contribution in [0.3, 0.4) is 0 Å². The summed E-state index contributed by atoms with van der Waals surface area (Å²) in [4.78, 5) is 9.85. The van der Waals surface area contributed by atoms with Gasteiger partial charge in [0.25, 0.3) is 0 Å². The fourth-order valence-corrected chi connectivity index (χ4v) is 2.75. The van der Waals surface area contributed by atoms with Crippen molar-refractivity contribution in [1.29, 1.82) is 0 Å². The zero-order chi connectivity index (χ0) is 13.1. The van der Waals surface area contributed by atoms with E-state index >= 15 is 0 Å². The van der Waals surface area contributed by atoms with Crippen LogP contribution >= 0.6 is 7.60 Å². The van der Waals surface area contributed by atoms with E-state index in [0.29, 0.717) is 12.0 Å². The molecular formula is C12H18FO3P. The Balaban J connectivity index is 2.84. The highest BCUT2D eigenvalue weighted by atomic mass is 31.2. The van der Waals surface area contributed by atoms with Crippen molar-refractivity contribution in [3.8, 4) is 0 Å². The topological polar surface area (TPSA) is 46.5 Å². The minimum atomic E-state index is -3.72. The van der Waals surface area contributed by atoms with Crippen molar-refractivity contribution in [2.24, 2.45) is 0 Å². The summed E-state index contributed by atoms with van der Waals surface area (Å²) in [6, 6.07) is 5.55. The Bertz CT molecular complexity index is 405. The summed E-state index contributed by atoms with van der Waals surface area (Å²) in [6.45, 7) is 5.24. The minimum Gasteiger partial charge on any atom is -0.324 e. The van der Waals surface area contributed by atoms with E-state index < -0.39 is 13.3 Å². The molecule has 1 N–H and O–H groups in total. The van der Waals surface area contributed by atoms with Gasteiger partial charge in [-0.05, 0) is 38.0 Å². The Morgan fingerprint density at radius 2 is 1.88 bits per heavy atom. The Labute approximate surface area is 101 Å². The van der Waals surface area contributed by atoms with Crippen LogP contribution in [0, 0.1) is 5.82 Å². The smallest absolute Gasteiger partial charge is 0.324 e. The third kappa shape index (κ3) is 3.91. The van der Waals surface area contributed by atoms with Crippen molar-refractivity contribution in [3.05, 3.63) is 35.6 Å². The van der Waals surface area contributed by atoms with Crippen molar-refractivity contribution >= 4 is 7.60 Å². The first-order chi connectivity index (χ1) is 7.86. The first kappa shape index (κ1) is 14.4. The second-order valence-corrected chi connectivity index (χ2v) is 6.23. The summed E-state index contributed by atoms with van der Waals surface area (Å²) in [6.07, 6.45) is 0.398. The Hall–Kier alpha value is -0.700. The van der Waals surface area contributed by atoms with Crippen molar-refractivity contribution < 1.29 is 18.4 Å². The summed E-state index contributed by atoms with van der Waals surface area (Å²) in [7, 11) is -3.72. The van der Waals surface area contributed by atoms with Crippen LogP contribution in [0.25, 0.3) is 0 Å². The van der Waals surface area contributed by atoms with Crippen molar-refractivity contribution in [1.82, 2.24) is 0 Å². The molecule has 3 nitrogen and oxygen atoms in total. The quantitative estimate of drug-likeness (QED) is 0.817. The van der Waals surface area contributed by atoms with Crippen LogP contribution in [-0.4, -0.2) is 11.0 Å². The summed E-state index contributed by atoms with van der Waals surface area (Å²) >= 11 is 0. The van der Waals surface area contributed by atoms with Gasteiger partial charge in [-0.15, -0.1) is 0 Å². The SMILES string of the molecule is CCC(C)OP(=O)(O)C(C)c1ccc(F)cc1. The lowest BCUT2D eigenvalue weighted by Gasteiger charge is -2.22. The van der Waals surface area contributed by atoms with E-state index in [0.717, 1.165) is 0 Å². The third-order valence-corrected chi connectivity index (χ3v) is 4.69. The van der Waals surface area contributed by atoms with Gasteiger partial charge in [0.15, 0.2) is 0 Å². The molecule has 0 spiro atoms. The monoisotopic (exact) mass is 260 g/mol. The minimum absolute atomic E-state index is 0.270. The van der Waals surface area contributed by atoms with Gasteiger partial charge in [-0.3, -0.25) is 4.57 Å². The Kier molecular flexibility index (Phi) is 4.87. The van der Waals surface area contributed by atoms with Crippen molar-refractivity contribution in [3.63, 3.8) is 0 Å². The van der Waals surface area contributed by atoms with Gasteiger partial charge in [-0.2, -0.15) is 0 Å². The largest absolute Gasteiger partial charge is 0.335 e. The van der Waals surface area contributed by atoms with Gasteiger partial charge in [-0.25, -0.2) is 4.39 Å². The molecule has 17 heavy (non-hydrogen) atoms. The molecule has 0 aliphatic rings. The van der Waals surface area contributed by atoms with Gasteiger partial charge >= 0.3 is 7.60 Å². The lowest BCUT2D eigenvalue weighted by molar-refractivity contribution is 0.181. The van der Waals surface area contributed by atoms with Crippen LogP contribution in [0.4, 0.5) is 4.39 Å². The fraction of sp³-hybridized carbons (Fsp3) is 0.500. The molecule has 0 fully saturated rings. The van der Waals surface area contributed by atoms with Gasteiger partial charge < -0.3 is 9.42 Å². The van der Waals surface area contributed by atoms with Crippen LogP contribution in [0.5, 0.6) is 0 Å². The number of hydrogen-bond donors (Lipinski definition) is 1. The Morgan fingerprint density at radius 3 is 2.35 bits per heavy atom. The molecule has 0 aliphatic heterocycles. The molecule has 1 aromatic rings. The molecule has 3 atom stereocenters. The van der Waals surface area contributed by atoms with Gasteiger partial charge in [-0.1, -0.05) is 19.1 Å². The van der Waals surface area contributed by atoms with Gasteiger partial charge in [0.2, 0.25) is 0 Å². The van der Waals surface area contributed by atoms with Crippen LogP contribution < -0.4 is 0 Å². The molecule has 0 amide bonds. The molecule has 3 unspecified atom stereocenters. The maximum atomic E-state index is 12.7. The second kappa shape index (κ2) is 5.76. The molecule has 0 bridgehead atoms. The van der Waals surface area contributed by atoms with E-state index in [9.17, 15) is 13.8 Å². The zero-order valence-corrected chi connectivity index (χ0v) is 11.2. The molecule has 5 heteroatoms. The van der Waals surface area contributed by atoms with E-state index in [1.807, 2.05) is 6.92 Å². The molecule has 0 radical (unpaired) electrons. The van der Waals surface area contributed by atoms with Gasteiger partial charge in [0, 0.05) is 0 Å². The first-order valence-corrected chi connectivity index (χ1v) is 7.27. The summed E-state index contributed by atoms with van der Waals surface area (Å²) in [5.41, 5.74) is -0.0577.